The lowest BCUT2D eigenvalue weighted by molar-refractivity contribution is -0.142. The van der Waals surface area contributed by atoms with Gasteiger partial charge in [-0.3, -0.25) is 0 Å². The highest BCUT2D eigenvalue weighted by Gasteiger charge is 2.37. The number of rotatable bonds is 2. The summed E-state index contributed by atoms with van der Waals surface area (Å²) in [4.78, 5) is 3.32. The van der Waals surface area contributed by atoms with Crippen LogP contribution in [0.1, 0.15) is 42.5 Å². The zero-order valence-corrected chi connectivity index (χ0v) is 13.8. The van der Waals surface area contributed by atoms with Crippen molar-refractivity contribution in [2.75, 3.05) is 6.54 Å². The van der Waals surface area contributed by atoms with Crippen LogP contribution in [-0.4, -0.2) is 17.6 Å². The first kappa shape index (κ1) is 18.9. The Morgan fingerprint density at radius 2 is 1.77 bits per heavy atom. The number of nitrogens with one attached hydrogen (secondary N) is 1. The summed E-state index contributed by atoms with van der Waals surface area (Å²) in [5.74, 6) is 0. The molecule has 2 heterocycles. The summed E-state index contributed by atoms with van der Waals surface area (Å²) in [5, 5.41) is 3.40. The van der Waals surface area contributed by atoms with Crippen LogP contribution in [0.5, 0.6) is 0 Å². The maximum atomic E-state index is 13.3. The summed E-state index contributed by atoms with van der Waals surface area (Å²) < 4.78 is 79.4. The standard InChI is InChI=1S/C18H18F6N2/c19-17(20,21)14-7-4-6-13-11(9-12-5-2-1-3-8-25-12)10-15(18(22,23)24)26-16(13)14/h4,6-7,10,12,25H,1-3,5,8-9H2. The smallest absolute Gasteiger partial charge is 0.314 e. The van der Waals surface area contributed by atoms with Crippen molar-refractivity contribution < 1.29 is 26.3 Å². The third kappa shape index (κ3) is 4.11. The van der Waals surface area contributed by atoms with Crippen molar-refractivity contribution in [3.05, 3.63) is 41.1 Å². The maximum Gasteiger partial charge on any atom is 0.433 e. The van der Waals surface area contributed by atoms with E-state index in [0.717, 1.165) is 44.4 Å². The number of benzene rings is 1. The molecule has 142 valence electrons. The number of pyridine rings is 1. The molecule has 8 heteroatoms. The largest absolute Gasteiger partial charge is 0.433 e. The van der Waals surface area contributed by atoms with Crippen molar-refractivity contribution in [2.45, 2.75) is 50.5 Å². The predicted octanol–water partition coefficient (Wildman–Crippen LogP) is 5.35. The number of hydrogen-bond donors (Lipinski definition) is 1. The molecule has 3 rings (SSSR count). The number of aromatic nitrogens is 1. The molecule has 1 atom stereocenters. The van der Waals surface area contributed by atoms with Gasteiger partial charge in [0.2, 0.25) is 0 Å². The molecule has 1 N–H and O–H groups in total. The summed E-state index contributed by atoms with van der Waals surface area (Å²) in [7, 11) is 0. The number of para-hydroxylation sites is 1. The second-order valence-electron chi connectivity index (χ2n) is 6.57. The van der Waals surface area contributed by atoms with Gasteiger partial charge in [-0.15, -0.1) is 0 Å². The molecule has 0 bridgehead atoms. The molecule has 0 spiro atoms. The van der Waals surface area contributed by atoms with Crippen LogP contribution in [0.15, 0.2) is 24.3 Å². The minimum atomic E-state index is -4.81. The average molecular weight is 376 g/mol. The van der Waals surface area contributed by atoms with Gasteiger partial charge in [0.25, 0.3) is 0 Å². The van der Waals surface area contributed by atoms with Gasteiger partial charge >= 0.3 is 12.4 Å². The van der Waals surface area contributed by atoms with Gasteiger partial charge in [-0.2, -0.15) is 26.3 Å². The zero-order valence-electron chi connectivity index (χ0n) is 13.8. The molecule has 1 aromatic carbocycles. The Balaban J connectivity index is 2.13. The summed E-state index contributed by atoms with van der Waals surface area (Å²) >= 11 is 0. The fourth-order valence-electron chi connectivity index (χ4n) is 3.40. The molecule has 2 aromatic rings. The van der Waals surface area contributed by atoms with Crippen molar-refractivity contribution in [1.82, 2.24) is 10.3 Å². The van der Waals surface area contributed by atoms with Crippen molar-refractivity contribution in [3.63, 3.8) is 0 Å². The minimum Gasteiger partial charge on any atom is -0.314 e. The van der Waals surface area contributed by atoms with Gasteiger partial charge in [0.1, 0.15) is 5.69 Å². The number of nitrogens with zero attached hydrogens (tertiary/aromatic N) is 1. The lowest BCUT2D eigenvalue weighted by Crippen LogP contribution is -2.30. The van der Waals surface area contributed by atoms with E-state index in [2.05, 4.69) is 10.3 Å². The van der Waals surface area contributed by atoms with Crippen LogP contribution in [-0.2, 0) is 18.8 Å². The lowest BCUT2D eigenvalue weighted by atomic mass is 9.96. The fraction of sp³-hybridized carbons (Fsp3) is 0.500. The highest BCUT2D eigenvalue weighted by Crippen LogP contribution is 2.38. The van der Waals surface area contributed by atoms with Gasteiger partial charge < -0.3 is 5.32 Å². The van der Waals surface area contributed by atoms with E-state index < -0.39 is 29.1 Å². The third-order valence-corrected chi connectivity index (χ3v) is 4.65. The van der Waals surface area contributed by atoms with Crippen molar-refractivity contribution >= 4 is 10.9 Å². The van der Waals surface area contributed by atoms with Gasteiger partial charge in [0.05, 0.1) is 11.1 Å². The Bertz CT molecular complexity index is 774. The summed E-state index contributed by atoms with van der Waals surface area (Å²) in [6, 6.07) is 4.21. The highest BCUT2D eigenvalue weighted by molar-refractivity contribution is 5.86. The topological polar surface area (TPSA) is 24.9 Å². The number of fused-ring (bicyclic) bond motifs is 1. The molecule has 26 heavy (non-hydrogen) atoms. The van der Waals surface area contributed by atoms with E-state index in [9.17, 15) is 26.3 Å². The Morgan fingerprint density at radius 1 is 1.00 bits per heavy atom. The molecule has 0 saturated carbocycles. The van der Waals surface area contributed by atoms with Crippen molar-refractivity contribution in [2.24, 2.45) is 0 Å². The lowest BCUT2D eigenvalue weighted by Gasteiger charge is -2.19. The zero-order chi connectivity index (χ0) is 18.9. The number of alkyl halides is 6. The molecule has 1 unspecified atom stereocenters. The molecular formula is C18H18F6N2. The van der Waals surface area contributed by atoms with E-state index >= 15 is 0 Å². The molecule has 1 aromatic heterocycles. The molecule has 0 aliphatic carbocycles. The van der Waals surface area contributed by atoms with Gasteiger partial charge in [0.15, 0.2) is 0 Å². The quantitative estimate of drug-likeness (QED) is 0.715. The van der Waals surface area contributed by atoms with Crippen LogP contribution in [0.4, 0.5) is 26.3 Å². The Morgan fingerprint density at radius 3 is 2.46 bits per heavy atom. The van der Waals surface area contributed by atoms with Gasteiger partial charge in [-0.25, -0.2) is 4.98 Å². The SMILES string of the molecule is FC(F)(F)c1cc(CC2CCCCCN2)c2cccc(C(F)(F)F)c2n1. The van der Waals surface area contributed by atoms with E-state index in [1.165, 1.54) is 12.1 Å². The van der Waals surface area contributed by atoms with E-state index in [1.54, 1.807) is 0 Å². The van der Waals surface area contributed by atoms with E-state index in [-0.39, 0.29) is 23.4 Å². The highest BCUT2D eigenvalue weighted by atomic mass is 19.4. The van der Waals surface area contributed by atoms with E-state index in [1.807, 2.05) is 0 Å². The molecule has 1 aliphatic heterocycles. The third-order valence-electron chi connectivity index (χ3n) is 4.65. The summed E-state index contributed by atoms with van der Waals surface area (Å²) in [6.07, 6.45) is -5.59. The van der Waals surface area contributed by atoms with Crippen LogP contribution < -0.4 is 5.32 Å². The van der Waals surface area contributed by atoms with Crippen LogP contribution in [0.25, 0.3) is 10.9 Å². The second-order valence-corrected chi connectivity index (χ2v) is 6.57. The minimum absolute atomic E-state index is 0.0567. The molecule has 0 amide bonds. The van der Waals surface area contributed by atoms with Crippen molar-refractivity contribution in [3.8, 4) is 0 Å². The van der Waals surface area contributed by atoms with Crippen LogP contribution in [0, 0.1) is 0 Å². The molecule has 0 radical (unpaired) electrons. The molecule has 2 nitrogen and oxygen atoms in total. The summed E-state index contributed by atoms with van der Waals surface area (Å²) in [6.45, 7) is 0.758. The molecule has 1 fully saturated rings. The number of hydrogen-bond acceptors (Lipinski definition) is 2. The predicted molar refractivity (Wildman–Crippen MR) is 85.7 cm³/mol. The fourth-order valence-corrected chi connectivity index (χ4v) is 3.40. The van der Waals surface area contributed by atoms with Crippen LogP contribution in [0.3, 0.4) is 0 Å². The maximum absolute atomic E-state index is 13.3. The normalized spacial score (nSPS) is 19.5. The Kier molecular flexibility index (Phi) is 5.14. The average Bonchev–Trinajstić information content (AvgIpc) is 2.81. The van der Waals surface area contributed by atoms with Gasteiger partial charge in [-0.05, 0) is 43.5 Å². The molecular weight excluding hydrogens is 358 g/mol. The van der Waals surface area contributed by atoms with Crippen LogP contribution in [0.2, 0.25) is 0 Å². The number of halogens is 6. The Hall–Kier alpha value is -1.83. The first-order chi connectivity index (χ1) is 12.2. The van der Waals surface area contributed by atoms with Crippen LogP contribution >= 0.6 is 0 Å². The first-order valence-electron chi connectivity index (χ1n) is 8.46. The van der Waals surface area contributed by atoms with E-state index in [4.69, 9.17) is 0 Å². The van der Waals surface area contributed by atoms with Gasteiger partial charge in [0, 0.05) is 11.4 Å². The van der Waals surface area contributed by atoms with Gasteiger partial charge in [-0.1, -0.05) is 25.0 Å². The van der Waals surface area contributed by atoms with E-state index in [0.29, 0.717) is 0 Å². The molecule has 1 aliphatic rings. The summed E-state index contributed by atoms with van der Waals surface area (Å²) in [5.41, 5.74) is -2.83. The second kappa shape index (κ2) is 7.06. The monoisotopic (exact) mass is 376 g/mol. The molecule has 1 saturated heterocycles. The van der Waals surface area contributed by atoms with Crippen molar-refractivity contribution in [1.29, 1.82) is 0 Å². The first-order valence-corrected chi connectivity index (χ1v) is 8.46. The Labute approximate surface area is 146 Å².